The second-order valence-electron chi connectivity index (χ2n) is 8.09. The van der Waals surface area contributed by atoms with E-state index in [2.05, 4.69) is 29.5 Å². The van der Waals surface area contributed by atoms with Crippen LogP contribution in [0.3, 0.4) is 0 Å². The van der Waals surface area contributed by atoms with Crippen molar-refractivity contribution < 1.29 is 9.59 Å². The van der Waals surface area contributed by atoms with Crippen molar-refractivity contribution in [3.05, 3.63) is 34.6 Å². The lowest BCUT2D eigenvalue weighted by Gasteiger charge is -2.20. The summed E-state index contributed by atoms with van der Waals surface area (Å²) >= 11 is 1.16. The number of hydrogen-bond acceptors (Lipinski definition) is 5. The summed E-state index contributed by atoms with van der Waals surface area (Å²) in [6.45, 7) is 10.2. The molecule has 0 aliphatic carbocycles. The standard InChI is InChI=1S/C20H28N4O3S/c1-13(2)10-11-24-17(26)14-8-6-7-9-15(14)21-19(24)28-12-16(25)22-18(27)23-20(3,4)5/h6-9,13H,10-12H2,1-5H3,(H2,22,23,25,27). The summed E-state index contributed by atoms with van der Waals surface area (Å²) in [4.78, 5) is 41.4. The van der Waals surface area contributed by atoms with Crippen LogP contribution in [0.1, 0.15) is 41.0 Å². The first-order chi connectivity index (χ1) is 13.1. The minimum absolute atomic E-state index is 0.00990. The number of thioether (sulfide) groups is 1. The van der Waals surface area contributed by atoms with Crippen molar-refractivity contribution >= 4 is 34.6 Å². The Morgan fingerprint density at radius 2 is 1.89 bits per heavy atom. The molecular formula is C20H28N4O3S. The molecule has 28 heavy (non-hydrogen) atoms. The highest BCUT2D eigenvalue weighted by molar-refractivity contribution is 7.99. The van der Waals surface area contributed by atoms with E-state index >= 15 is 0 Å². The first-order valence-electron chi connectivity index (χ1n) is 9.31. The van der Waals surface area contributed by atoms with Crippen LogP contribution in [0.2, 0.25) is 0 Å². The highest BCUT2D eigenvalue weighted by Gasteiger charge is 2.17. The fraction of sp³-hybridized carbons (Fsp3) is 0.500. The van der Waals surface area contributed by atoms with Crippen molar-refractivity contribution in [1.29, 1.82) is 0 Å². The van der Waals surface area contributed by atoms with E-state index in [4.69, 9.17) is 0 Å². The highest BCUT2D eigenvalue weighted by Crippen LogP contribution is 2.18. The molecule has 2 N–H and O–H groups in total. The summed E-state index contributed by atoms with van der Waals surface area (Å²) in [6, 6.07) is 6.64. The predicted octanol–water partition coefficient (Wildman–Crippen LogP) is 3.16. The maximum absolute atomic E-state index is 12.9. The van der Waals surface area contributed by atoms with Gasteiger partial charge in [-0.25, -0.2) is 9.78 Å². The molecule has 8 heteroatoms. The molecule has 0 spiro atoms. The number of imide groups is 1. The van der Waals surface area contributed by atoms with Gasteiger partial charge in [-0.15, -0.1) is 0 Å². The molecule has 0 aliphatic rings. The molecule has 1 heterocycles. The van der Waals surface area contributed by atoms with E-state index in [9.17, 15) is 14.4 Å². The molecule has 0 aliphatic heterocycles. The molecular weight excluding hydrogens is 376 g/mol. The lowest BCUT2D eigenvalue weighted by molar-refractivity contribution is -0.117. The third-order valence-electron chi connectivity index (χ3n) is 3.83. The third-order valence-corrected chi connectivity index (χ3v) is 4.81. The highest BCUT2D eigenvalue weighted by atomic mass is 32.2. The first kappa shape index (κ1) is 21.9. The molecule has 0 fully saturated rings. The number of nitrogens with one attached hydrogen (secondary N) is 2. The van der Waals surface area contributed by atoms with Gasteiger partial charge in [0.2, 0.25) is 5.91 Å². The monoisotopic (exact) mass is 404 g/mol. The maximum Gasteiger partial charge on any atom is 0.321 e. The van der Waals surface area contributed by atoms with Crippen LogP contribution in [0.15, 0.2) is 34.2 Å². The Hall–Kier alpha value is -2.35. The molecule has 0 saturated carbocycles. The maximum atomic E-state index is 12.9. The van der Waals surface area contributed by atoms with Gasteiger partial charge in [0.15, 0.2) is 5.16 Å². The van der Waals surface area contributed by atoms with Crippen molar-refractivity contribution in [3.63, 3.8) is 0 Å². The van der Waals surface area contributed by atoms with Crippen LogP contribution in [0.4, 0.5) is 4.79 Å². The average Bonchev–Trinajstić information content (AvgIpc) is 2.57. The van der Waals surface area contributed by atoms with Crippen molar-refractivity contribution in [1.82, 2.24) is 20.2 Å². The van der Waals surface area contributed by atoms with E-state index in [1.54, 1.807) is 16.7 Å². The van der Waals surface area contributed by atoms with E-state index < -0.39 is 17.5 Å². The average molecular weight is 405 g/mol. The molecule has 0 atom stereocenters. The van der Waals surface area contributed by atoms with Crippen LogP contribution < -0.4 is 16.2 Å². The number of amides is 3. The lowest BCUT2D eigenvalue weighted by Crippen LogP contribution is -2.48. The zero-order chi connectivity index (χ0) is 20.9. The van der Waals surface area contributed by atoms with Gasteiger partial charge in [0, 0.05) is 12.1 Å². The summed E-state index contributed by atoms with van der Waals surface area (Å²) in [5, 5.41) is 6.02. The van der Waals surface area contributed by atoms with Gasteiger partial charge >= 0.3 is 6.03 Å². The Morgan fingerprint density at radius 3 is 2.54 bits per heavy atom. The molecule has 7 nitrogen and oxygen atoms in total. The van der Waals surface area contributed by atoms with Gasteiger partial charge in [-0.05, 0) is 45.2 Å². The summed E-state index contributed by atoms with van der Waals surface area (Å²) in [5.41, 5.74) is 0.0515. The molecule has 1 aromatic carbocycles. The Labute approximate surface area is 169 Å². The molecule has 152 valence electrons. The predicted molar refractivity (Wildman–Crippen MR) is 113 cm³/mol. The molecule has 0 saturated heterocycles. The zero-order valence-corrected chi connectivity index (χ0v) is 17.9. The Kier molecular flexibility index (Phi) is 7.23. The fourth-order valence-electron chi connectivity index (χ4n) is 2.51. The normalized spacial score (nSPS) is 11.6. The van der Waals surface area contributed by atoms with E-state index in [0.717, 1.165) is 18.2 Å². The second kappa shape index (κ2) is 9.23. The minimum Gasteiger partial charge on any atom is -0.333 e. The smallest absolute Gasteiger partial charge is 0.321 e. The van der Waals surface area contributed by atoms with Gasteiger partial charge in [0.05, 0.1) is 16.7 Å². The van der Waals surface area contributed by atoms with Crippen molar-refractivity contribution in [2.75, 3.05) is 5.75 Å². The molecule has 0 radical (unpaired) electrons. The lowest BCUT2D eigenvalue weighted by atomic mass is 10.1. The van der Waals surface area contributed by atoms with E-state index in [-0.39, 0.29) is 11.3 Å². The molecule has 2 rings (SSSR count). The number of aromatic nitrogens is 2. The summed E-state index contributed by atoms with van der Waals surface area (Å²) in [5.74, 6) is -0.0190. The number of hydrogen-bond donors (Lipinski definition) is 2. The zero-order valence-electron chi connectivity index (χ0n) is 17.0. The molecule has 0 bridgehead atoms. The van der Waals surface area contributed by atoms with Crippen LogP contribution in [0.25, 0.3) is 10.9 Å². The molecule has 0 unspecified atom stereocenters. The number of nitrogens with zero attached hydrogens (tertiary/aromatic N) is 2. The number of urea groups is 1. The quantitative estimate of drug-likeness (QED) is 0.570. The Balaban J connectivity index is 2.18. The van der Waals surface area contributed by atoms with Crippen molar-refractivity contribution in [2.45, 2.75) is 58.3 Å². The fourth-order valence-corrected chi connectivity index (χ4v) is 3.33. The Morgan fingerprint density at radius 1 is 1.21 bits per heavy atom. The SMILES string of the molecule is CC(C)CCn1c(SCC(=O)NC(=O)NC(C)(C)C)nc2ccccc2c1=O. The number of benzene rings is 1. The van der Waals surface area contributed by atoms with E-state index in [1.807, 2.05) is 32.9 Å². The van der Waals surface area contributed by atoms with Crippen LogP contribution in [-0.4, -0.2) is 32.8 Å². The minimum atomic E-state index is -0.540. The summed E-state index contributed by atoms with van der Waals surface area (Å²) in [7, 11) is 0. The van der Waals surface area contributed by atoms with Gasteiger partial charge in [-0.1, -0.05) is 37.7 Å². The number of rotatable bonds is 6. The van der Waals surface area contributed by atoms with Crippen LogP contribution in [-0.2, 0) is 11.3 Å². The topological polar surface area (TPSA) is 93.1 Å². The van der Waals surface area contributed by atoms with E-state index in [1.165, 1.54) is 0 Å². The molecule has 2 aromatic rings. The first-order valence-corrected chi connectivity index (χ1v) is 10.3. The van der Waals surface area contributed by atoms with Gasteiger partial charge in [0.25, 0.3) is 5.56 Å². The van der Waals surface area contributed by atoms with Crippen LogP contribution in [0, 0.1) is 5.92 Å². The Bertz CT molecular complexity index is 916. The van der Waals surface area contributed by atoms with Crippen LogP contribution in [0.5, 0.6) is 0 Å². The second-order valence-corrected chi connectivity index (χ2v) is 9.03. The molecule has 1 aromatic heterocycles. The number of para-hydroxylation sites is 1. The van der Waals surface area contributed by atoms with Gasteiger partial charge in [-0.2, -0.15) is 0 Å². The van der Waals surface area contributed by atoms with Gasteiger partial charge in [0.1, 0.15) is 0 Å². The van der Waals surface area contributed by atoms with Crippen molar-refractivity contribution in [2.24, 2.45) is 5.92 Å². The van der Waals surface area contributed by atoms with Gasteiger partial charge < -0.3 is 5.32 Å². The summed E-state index contributed by atoms with van der Waals surface area (Å²) < 4.78 is 1.62. The third kappa shape index (κ3) is 6.37. The van der Waals surface area contributed by atoms with Crippen LogP contribution >= 0.6 is 11.8 Å². The number of fused-ring (bicyclic) bond motifs is 1. The number of carbonyl (C=O) groups is 2. The van der Waals surface area contributed by atoms with E-state index in [0.29, 0.717) is 28.5 Å². The number of carbonyl (C=O) groups excluding carboxylic acids is 2. The van der Waals surface area contributed by atoms with Gasteiger partial charge in [-0.3, -0.25) is 19.5 Å². The summed E-state index contributed by atoms with van der Waals surface area (Å²) in [6.07, 6.45) is 0.827. The largest absolute Gasteiger partial charge is 0.333 e. The van der Waals surface area contributed by atoms with Crippen molar-refractivity contribution in [3.8, 4) is 0 Å². The molecule has 3 amide bonds.